The van der Waals surface area contributed by atoms with Crippen LogP contribution in [0.2, 0.25) is 5.02 Å². The van der Waals surface area contributed by atoms with Crippen molar-refractivity contribution in [2.24, 2.45) is 0 Å². The van der Waals surface area contributed by atoms with Gasteiger partial charge in [0.2, 0.25) is 0 Å². The van der Waals surface area contributed by atoms with E-state index in [-0.39, 0.29) is 5.91 Å². The second-order valence-electron chi connectivity index (χ2n) is 8.12. The number of anilines is 1. The number of nitrogens with one attached hydrogen (secondary N) is 1. The fourth-order valence-electron chi connectivity index (χ4n) is 4.14. The Morgan fingerprint density at radius 2 is 1.80 bits per heavy atom. The summed E-state index contributed by atoms with van der Waals surface area (Å²) in [4.78, 5) is 15.2. The lowest BCUT2D eigenvalue weighted by molar-refractivity contribution is 0.0651. The van der Waals surface area contributed by atoms with Gasteiger partial charge in [0.25, 0.3) is 5.91 Å². The maximum atomic E-state index is 13.5. The number of nitrogens with zero attached hydrogens (tertiary/aromatic N) is 1. The Hall–Kier alpha value is -3.90. The summed E-state index contributed by atoms with van der Waals surface area (Å²) in [6.45, 7) is 3.04. The molecule has 35 heavy (non-hydrogen) atoms. The molecular weight excluding hydrogens is 464 g/mol. The van der Waals surface area contributed by atoms with Gasteiger partial charge in [-0.05, 0) is 55.0 Å². The molecule has 4 aromatic rings. The minimum absolute atomic E-state index is 0.0715. The minimum atomic E-state index is -0.417. The number of furan rings is 1. The maximum absolute atomic E-state index is 13.5. The zero-order valence-electron chi connectivity index (χ0n) is 19.2. The lowest BCUT2D eigenvalue weighted by atomic mass is 10.0. The van der Waals surface area contributed by atoms with Crippen molar-refractivity contribution in [1.29, 1.82) is 0 Å². The van der Waals surface area contributed by atoms with Crippen LogP contribution < -0.4 is 14.8 Å². The van der Waals surface area contributed by atoms with Crippen LogP contribution in [0.4, 0.5) is 5.69 Å². The second-order valence-corrected chi connectivity index (χ2v) is 8.53. The molecule has 0 spiro atoms. The Kier molecular flexibility index (Phi) is 6.64. The van der Waals surface area contributed by atoms with E-state index in [1.54, 1.807) is 11.2 Å². The first-order valence-corrected chi connectivity index (χ1v) is 11.8. The summed E-state index contributed by atoms with van der Waals surface area (Å²) < 4.78 is 17.5. The molecule has 178 valence electrons. The number of rotatable bonds is 8. The summed E-state index contributed by atoms with van der Waals surface area (Å²) in [5, 5.41) is 4.16. The summed E-state index contributed by atoms with van der Waals surface area (Å²) in [6.07, 6.45) is 1.19. The molecule has 1 aliphatic heterocycles. The molecule has 0 saturated heterocycles. The first-order valence-electron chi connectivity index (χ1n) is 11.5. The normalized spacial score (nSPS) is 14.9. The lowest BCUT2D eigenvalue weighted by Gasteiger charge is -2.38. The van der Waals surface area contributed by atoms with Crippen LogP contribution in [-0.2, 0) is 13.2 Å². The van der Waals surface area contributed by atoms with E-state index in [0.717, 1.165) is 16.8 Å². The van der Waals surface area contributed by atoms with Crippen LogP contribution in [0.25, 0.3) is 0 Å². The van der Waals surface area contributed by atoms with Crippen LogP contribution in [0.5, 0.6) is 11.5 Å². The Morgan fingerprint density at radius 3 is 2.60 bits per heavy atom. The minimum Gasteiger partial charge on any atom is -0.490 e. The van der Waals surface area contributed by atoms with E-state index in [4.69, 9.17) is 25.5 Å². The Labute approximate surface area is 209 Å². The predicted molar refractivity (Wildman–Crippen MR) is 135 cm³/mol. The topological polar surface area (TPSA) is 63.9 Å². The van der Waals surface area contributed by atoms with Crippen molar-refractivity contribution in [1.82, 2.24) is 4.90 Å². The molecule has 1 aliphatic rings. The molecule has 0 saturated carbocycles. The van der Waals surface area contributed by atoms with E-state index in [1.165, 1.54) is 0 Å². The van der Waals surface area contributed by atoms with Crippen molar-refractivity contribution in [3.63, 3.8) is 0 Å². The largest absolute Gasteiger partial charge is 0.490 e. The van der Waals surface area contributed by atoms with Gasteiger partial charge < -0.3 is 24.1 Å². The van der Waals surface area contributed by atoms with Crippen molar-refractivity contribution >= 4 is 23.2 Å². The van der Waals surface area contributed by atoms with E-state index in [1.807, 2.05) is 85.8 Å². The average molecular weight is 489 g/mol. The van der Waals surface area contributed by atoms with E-state index < -0.39 is 6.17 Å². The monoisotopic (exact) mass is 488 g/mol. The Bertz CT molecular complexity index is 1320. The molecule has 1 atom stereocenters. The standard InChI is InChI=1S/C28H25ClN2O4/c1-2-33-26-16-19(13-14-25(26)35-18-20-8-3-5-11-23(20)29)27-30-24-12-6-4-10-22(24)28(32)31(27)17-21-9-7-15-34-21/h3-16,27,30H,2,17-18H2,1H3. The molecule has 0 radical (unpaired) electrons. The first kappa shape index (κ1) is 22.9. The second kappa shape index (κ2) is 10.2. The van der Waals surface area contributed by atoms with Gasteiger partial charge in [-0.1, -0.05) is 48.0 Å². The fourth-order valence-corrected chi connectivity index (χ4v) is 4.33. The quantitative estimate of drug-likeness (QED) is 0.300. The summed E-state index contributed by atoms with van der Waals surface area (Å²) in [5.41, 5.74) is 3.17. The first-order chi connectivity index (χ1) is 17.1. The smallest absolute Gasteiger partial charge is 0.258 e. The SMILES string of the molecule is CCOc1cc(C2Nc3ccccc3C(=O)N2Cc2ccco2)ccc1OCc1ccccc1Cl. The van der Waals surface area contributed by atoms with E-state index in [9.17, 15) is 4.79 Å². The third kappa shape index (κ3) is 4.84. The molecule has 5 rings (SSSR count). The summed E-state index contributed by atoms with van der Waals surface area (Å²) in [7, 11) is 0. The van der Waals surface area contributed by atoms with Gasteiger partial charge in [0.15, 0.2) is 11.5 Å². The number of carbonyl (C=O) groups is 1. The number of fused-ring (bicyclic) bond motifs is 1. The third-order valence-corrected chi connectivity index (χ3v) is 6.22. The van der Waals surface area contributed by atoms with Crippen LogP contribution >= 0.6 is 11.6 Å². The average Bonchev–Trinajstić information content (AvgIpc) is 3.39. The van der Waals surface area contributed by atoms with Gasteiger partial charge in [-0.15, -0.1) is 0 Å². The number of hydrogen-bond acceptors (Lipinski definition) is 5. The predicted octanol–water partition coefficient (Wildman–Crippen LogP) is 6.68. The highest BCUT2D eigenvalue weighted by Crippen LogP contribution is 2.38. The van der Waals surface area contributed by atoms with Crippen molar-refractivity contribution < 1.29 is 18.7 Å². The number of ether oxygens (including phenoxy) is 2. The number of hydrogen-bond donors (Lipinski definition) is 1. The lowest BCUT2D eigenvalue weighted by Crippen LogP contribution is -2.42. The van der Waals surface area contributed by atoms with Gasteiger partial charge in [0, 0.05) is 16.3 Å². The molecule has 6 nitrogen and oxygen atoms in total. The molecule has 3 aromatic carbocycles. The molecule has 1 unspecified atom stereocenters. The number of halogens is 1. The number of para-hydroxylation sites is 1. The summed E-state index contributed by atoms with van der Waals surface area (Å²) >= 11 is 6.28. The third-order valence-electron chi connectivity index (χ3n) is 5.85. The number of amides is 1. The van der Waals surface area contributed by atoms with Crippen molar-refractivity contribution in [2.75, 3.05) is 11.9 Å². The van der Waals surface area contributed by atoms with Crippen molar-refractivity contribution in [3.05, 3.63) is 113 Å². The van der Waals surface area contributed by atoms with Gasteiger partial charge in [-0.3, -0.25) is 4.79 Å². The molecule has 1 N–H and O–H groups in total. The summed E-state index contributed by atoms with van der Waals surface area (Å²) in [6, 6.07) is 24.5. The Balaban J connectivity index is 1.47. The van der Waals surface area contributed by atoms with Gasteiger partial charge in [-0.25, -0.2) is 0 Å². The van der Waals surface area contributed by atoms with Crippen LogP contribution in [0.15, 0.2) is 89.5 Å². The highest BCUT2D eigenvalue weighted by molar-refractivity contribution is 6.31. The van der Waals surface area contributed by atoms with Crippen molar-refractivity contribution in [3.8, 4) is 11.5 Å². The zero-order chi connectivity index (χ0) is 24.2. The molecule has 1 aromatic heterocycles. The fraction of sp³-hybridized carbons (Fsp3) is 0.179. The highest BCUT2D eigenvalue weighted by Gasteiger charge is 2.33. The zero-order valence-corrected chi connectivity index (χ0v) is 20.0. The highest BCUT2D eigenvalue weighted by atomic mass is 35.5. The molecule has 2 heterocycles. The number of carbonyl (C=O) groups excluding carboxylic acids is 1. The molecule has 1 amide bonds. The molecule has 7 heteroatoms. The van der Waals surface area contributed by atoms with Crippen LogP contribution in [0.1, 0.15) is 40.3 Å². The maximum Gasteiger partial charge on any atom is 0.258 e. The molecule has 0 fully saturated rings. The van der Waals surface area contributed by atoms with Gasteiger partial charge in [-0.2, -0.15) is 0 Å². The summed E-state index contributed by atoms with van der Waals surface area (Å²) in [5.74, 6) is 1.84. The van der Waals surface area contributed by atoms with Crippen LogP contribution in [-0.4, -0.2) is 17.4 Å². The van der Waals surface area contributed by atoms with Gasteiger partial charge in [0.05, 0.1) is 25.0 Å². The van der Waals surface area contributed by atoms with Crippen molar-refractivity contribution in [2.45, 2.75) is 26.2 Å². The van der Waals surface area contributed by atoms with Crippen LogP contribution in [0.3, 0.4) is 0 Å². The molecule has 0 aliphatic carbocycles. The molecule has 0 bridgehead atoms. The van der Waals surface area contributed by atoms with E-state index in [2.05, 4.69) is 5.32 Å². The van der Waals surface area contributed by atoms with Gasteiger partial charge >= 0.3 is 0 Å². The van der Waals surface area contributed by atoms with E-state index in [0.29, 0.717) is 47.6 Å². The molecular formula is C28H25ClN2O4. The van der Waals surface area contributed by atoms with Crippen LogP contribution in [0, 0.1) is 0 Å². The Morgan fingerprint density at radius 1 is 0.971 bits per heavy atom. The number of benzene rings is 3. The van der Waals surface area contributed by atoms with Gasteiger partial charge in [0.1, 0.15) is 18.5 Å². The van der Waals surface area contributed by atoms with E-state index >= 15 is 0 Å².